The Morgan fingerprint density at radius 2 is 1.92 bits per heavy atom. The van der Waals surface area contributed by atoms with Crippen LogP contribution in [-0.2, 0) is 12.8 Å². The van der Waals surface area contributed by atoms with Crippen molar-refractivity contribution in [3.05, 3.63) is 64.2 Å². The van der Waals surface area contributed by atoms with Crippen LogP contribution in [0, 0.1) is 5.92 Å². The zero-order chi connectivity index (χ0) is 17.7. The topological polar surface area (TPSA) is 12.0 Å². The number of fused-ring (bicyclic) bond motifs is 2. The van der Waals surface area contributed by atoms with E-state index in [0.29, 0.717) is 17.9 Å². The number of hydrogen-bond acceptors (Lipinski definition) is 1. The van der Waals surface area contributed by atoms with E-state index >= 15 is 0 Å². The highest BCUT2D eigenvalue weighted by molar-refractivity contribution is 5.67. The van der Waals surface area contributed by atoms with Crippen LogP contribution < -0.4 is 5.32 Å². The van der Waals surface area contributed by atoms with Crippen molar-refractivity contribution in [3.8, 4) is 0 Å². The molecule has 0 amide bonds. The van der Waals surface area contributed by atoms with Crippen molar-refractivity contribution in [2.24, 2.45) is 5.92 Å². The van der Waals surface area contributed by atoms with Gasteiger partial charge < -0.3 is 5.32 Å². The number of rotatable bonds is 4. The van der Waals surface area contributed by atoms with Crippen LogP contribution in [0.5, 0.6) is 0 Å². The first-order chi connectivity index (χ1) is 12.8. The summed E-state index contributed by atoms with van der Waals surface area (Å²) in [5, 5.41) is 3.99. The Kier molecular flexibility index (Phi) is 4.07. The van der Waals surface area contributed by atoms with E-state index in [9.17, 15) is 0 Å². The molecule has 0 aromatic heterocycles. The minimum absolute atomic E-state index is 0.625. The fourth-order valence-electron chi connectivity index (χ4n) is 5.97. The first-order valence-electron chi connectivity index (χ1n) is 10.8. The van der Waals surface area contributed by atoms with Gasteiger partial charge in [-0.05, 0) is 77.8 Å². The molecule has 136 valence electrons. The molecule has 0 spiro atoms. The largest absolute Gasteiger partial charge is 0.381 e. The summed E-state index contributed by atoms with van der Waals surface area (Å²) in [4.78, 5) is 0. The highest BCUT2D eigenvalue weighted by Crippen LogP contribution is 2.56. The van der Waals surface area contributed by atoms with E-state index in [2.05, 4.69) is 55.6 Å². The van der Waals surface area contributed by atoms with Crippen molar-refractivity contribution >= 4 is 5.69 Å². The third-order valence-electron chi connectivity index (χ3n) is 7.25. The maximum Gasteiger partial charge on any atom is 0.0384 e. The van der Waals surface area contributed by atoms with E-state index in [0.717, 1.165) is 12.3 Å². The summed E-state index contributed by atoms with van der Waals surface area (Å²) >= 11 is 0. The maximum absolute atomic E-state index is 3.99. The molecular weight excluding hydrogens is 314 g/mol. The zero-order valence-electron chi connectivity index (χ0n) is 16.2. The smallest absolute Gasteiger partial charge is 0.0384 e. The summed E-state index contributed by atoms with van der Waals surface area (Å²) in [5.74, 6) is 2.15. The molecule has 4 unspecified atom stereocenters. The zero-order valence-corrected chi connectivity index (χ0v) is 16.2. The molecule has 2 aromatic rings. The van der Waals surface area contributed by atoms with E-state index in [1.165, 1.54) is 44.2 Å². The molecule has 0 saturated heterocycles. The monoisotopic (exact) mass is 345 g/mol. The van der Waals surface area contributed by atoms with Crippen molar-refractivity contribution in [1.29, 1.82) is 0 Å². The van der Waals surface area contributed by atoms with Gasteiger partial charge in [-0.25, -0.2) is 0 Å². The van der Waals surface area contributed by atoms with Crippen molar-refractivity contribution in [3.63, 3.8) is 0 Å². The van der Waals surface area contributed by atoms with Gasteiger partial charge in [0, 0.05) is 17.6 Å². The molecule has 1 heterocycles. The van der Waals surface area contributed by atoms with Crippen LogP contribution in [-0.4, -0.2) is 6.04 Å². The second kappa shape index (κ2) is 6.44. The molecule has 1 nitrogen and oxygen atoms in total. The molecule has 3 aliphatic rings. The summed E-state index contributed by atoms with van der Waals surface area (Å²) in [6.07, 6.45) is 9.00. The van der Waals surface area contributed by atoms with Gasteiger partial charge in [0.25, 0.3) is 0 Å². The minimum atomic E-state index is 0.625. The number of anilines is 1. The normalized spacial score (nSPS) is 28.1. The molecule has 1 N–H and O–H groups in total. The van der Waals surface area contributed by atoms with Gasteiger partial charge in [0.1, 0.15) is 0 Å². The van der Waals surface area contributed by atoms with E-state index in [1.54, 1.807) is 27.8 Å². The first-order valence-corrected chi connectivity index (χ1v) is 10.8. The van der Waals surface area contributed by atoms with Crippen molar-refractivity contribution < 1.29 is 0 Å². The Hall–Kier alpha value is -1.76. The van der Waals surface area contributed by atoms with Gasteiger partial charge in [0.2, 0.25) is 0 Å². The molecule has 1 aliphatic heterocycles. The van der Waals surface area contributed by atoms with E-state index in [-0.39, 0.29) is 0 Å². The Labute approximate surface area is 158 Å². The van der Waals surface area contributed by atoms with Crippen molar-refractivity contribution in [1.82, 2.24) is 0 Å². The Morgan fingerprint density at radius 1 is 1.04 bits per heavy atom. The third-order valence-corrected chi connectivity index (χ3v) is 7.25. The third kappa shape index (κ3) is 2.51. The van der Waals surface area contributed by atoms with Crippen LogP contribution in [0.1, 0.15) is 85.6 Å². The molecule has 0 bridgehead atoms. The van der Waals surface area contributed by atoms with Crippen LogP contribution >= 0.6 is 0 Å². The Balaban J connectivity index is 1.63. The summed E-state index contributed by atoms with van der Waals surface area (Å²) in [7, 11) is 0. The standard InChI is InChI=1S/C25H31N/c1-3-4-5-8-17-13-19-15-18-9-6-7-10-20(18)21-12-11-16(2)25-24(21)23(19)22(14-17)26-25/h6-7,9-10,13-14,16,21,24-26H,3-5,8,11-12,15H2,1-2H3. The molecule has 2 aliphatic carbocycles. The summed E-state index contributed by atoms with van der Waals surface area (Å²) in [5.41, 5.74) is 9.50. The fourth-order valence-corrected chi connectivity index (χ4v) is 5.97. The second-order valence-electron chi connectivity index (χ2n) is 8.91. The van der Waals surface area contributed by atoms with Gasteiger partial charge in [0.05, 0.1) is 0 Å². The average molecular weight is 346 g/mol. The predicted octanol–water partition coefficient (Wildman–Crippen LogP) is 6.41. The number of unbranched alkanes of at least 4 members (excludes halogenated alkanes) is 2. The van der Waals surface area contributed by atoms with E-state index < -0.39 is 0 Å². The van der Waals surface area contributed by atoms with E-state index in [4.69, 9.17) is 0 Å². The van der Waals surface area contributed by atoms with Gasteiger partial charge in [0.15, 0.2) is 0 Å². The molecule has 4 atom stereocenters. The molecule has 26 heavy (non-hydrogen) atoms. The van der Waals surface area contributed by atoms with Gasteiger partial charge >= 0.3 is 0 Å². The molecular formula is C25H31N. The van der Waals surface area contributed by atoms with Gasteiger partial charge in [-0.1, -0.05) is 57.0 Å². The molecule has 1 saturated carbocycles. The highest BCUT2D eigenvalue weighted by atomic mass is 15.0. The number of hydrogen-bond donors (Lipinski definition) is 1. The molecule has 1 heteroatoms. The van der Waals surface area contributed by atoms with Crippen LogP contribution in [0.4, 0.5) is 5.69 Å². The Bertz CT molecular complexity index is 821. The first kappa shape index (κ1) is 16.4. The van der Waals surface area contributed by atoms with Crippen LogP contribution in [0.25, 0.3) is 0 Å². The quantitative estimate of drug-likeness (QED) is 0.631. The summed E-state index contributed by atoms with van der Waals surface area (Å²) in [6, 6.07) is 15.0. The SMILES string of the molecule is CCCCCc1cc2c3c(c1)NC1C(C)CCC(c4ccccc4C2)C31. The molecule has 1 fully saturated rings. The van der Waals surface area contributed by atoms with Crippen LogP contribution in [0.15, 0.2) is 36.4 Å². The van der Waals surface area contributed by atoms with Gasteiger partial charge in [-0.3, -0.25) is 0 Å². The molecule has 5 rings (SSSR count). The maximum atomic E-state index is 3.99. The van der Waals surface area contributed by atoms with Crippen LogP contribution in [0.2, 0.25) is 0 Å². The fraction of sp³-hybridized carbons (Fsp3) is 0.520. The Morgan fingerprint density at radius 3 is 2.81 bits per heavy atom. The molecule has 0 radical (unpaired) electrons. The highest BCUT2D eigenvalue weighted by Gasteiger charge is 2.46. The minimum Gasteiger partial charge on any atom is -0.381 e. The lowest BCUT2D eigenvalue weighted by Gasteiger charge is -2.38. The number of nitrogens with one attached hydrogen (secondary N) is 1. The lowest BCUT2D eigenvalue weighted by Crippen LogP contribution is -2.36. The van der Waals surface area contributed by atoms with Crippen molar-refractivity contribution in [2.45, 2.75) is 76.7 Å². The van der Waals surface area contributed by atoms with Crippen molar-refractivity contribution in [2.75, 3.05) is 5.32 Å². The second-order valence-corrected chi connectivity index (χ2v) is 8.91. The predicted molar refractivity (Wildman–Crippen MR) is 110 cm³/mol. The summed E-state index contributed by atoms with van der Waals surface area (Å²) in [6.45, 7) is 4.75. The molecule has 2 aromatic carbocycles. The number of benzene rings is 2. The summed E-state index contributed by atoms with van der Waals surface area (Å²) < 4.78 is 0. The number of aryl methyl sites for hydroxylation is 1. The van der Waals surface area contributed by atoms with Gasteiger partial charge in [-0.2, -0.15) is 0 Å². The lowest BCUT2D eigenvalue weighted by molar-refractivity contribution is 0.288. The van der Waals surface area contributed by atoms with E-state index in [1.807, 2.05) is 0 Å². The van der Waals surface area contributed by atoms with Crippen LogP contribution in [0.3, 0.4) is 0 Å². The lowest BCUT2D eigenvalue weighted by atomic mass is 9.67. The van der Waals surface area contributed by atoms with Gasteiger partial charge in [-0.15, -0.1) is 0 Å². The average Bonchev–Trinajstić information content (AvgIpc) is 2.97.